The van der Waals surface area contributed by atoms with Gasteiger partial charge in [-0.2, -0.15) is 0 Å². The molecular weight excluding hydrogens is 270 g/mol. The van der Waals surface area contributed by atoms with Crippen molar-refractivity contribution in [3.8, 4) is 0 Å². The first-order chi connectivity index (χ1) is 7.76. The van der Waals surface area contributed by atoms with E-state index in [1.807, 2.05) is 0 Å². The van der Waals surface area contributed by atoms with Gasteiger partial charge in [0.2, 0.25) is 0 Å². The lowest BCUT2D eigenvalue weighted by atomic mass is 9.88. The largest absolute Gasteiger partial charge is 0.395 e. The Labute approximate surface area is 107 Å². The summed E-state index contributed by atoms with van der Waals surface area (Å²) in [5.74, 6) is 0. The van der Waals surface area contributed by atoms with Gasteiger partial charge < -0.3 is 9.84 Å². The van der Waals surface area contributed by atoms with E-state index in [9.17, 15) is 0 Å². The van der Waals surface area contributed by atoms with E-state index in [1.54, 1.807) is 7.11 Å². The van der Waals surface area contributed by atoms with E-state index in [0.29, 0.717) is 5.41 Å². The predicted octanol–water partition coefficient (Wildman–Crippen LogP) is 1.88. The quantitative estimate of drug-likeness (QED) is 0.694. The second-order valence-corrected chi connectivity index (χ2v) is 5.39. The first-order valence-electron chi connectivity index (χ1n) is 6.14. The van der Waals surface area contributed by atoms with E-state index in [0.717, 1.165) is 31.6 Å². The Hall–Kier alpha value is 0.360. The van der Waals surface area contributed by atoms with Gasteiger partial charge in [-0.05, 0) is 18.3 Å². The molecule has 0 aromatic heterocycles. The second-order valence-electron chi connectivity index (χ2n) is 4.83. The van der Waals surface area contributed by atoms with Crippen molar-refractivity contribution in [3.63, 3.8) is 0 Å². The summed E-state index contributed by atoms with van der Waals surface area (Å²) in [7, 11) is 1.73. The Morgan fingerprint density at radius 3 is 2.50 bits per heavy atom. The summed E-state index contributed by atoms with van der Waals surface area (Å²) in [5.41, 5.74) is 0.433. The van der Waals surface area contributed by atoms with E-state index in [2.05, 4.69) is 20.8 Å². The molecule has 3 nitrogen and oxygen atoms in total. The summed E-state index contributed by atoms with van der Waals surface area (Å²) in [6.45, 7) is 3.76. The third kappa shape index (κ3) is 4.32. The van der Waals surface area contributed by atoms with Gasteiger partial charge in [0.25, 0.3) is 0 Å². The maximum Gasteiger partial charge on any atom is 0.0589 e. The Bertz CT molecular complexity index is 184. The number of hydrogen-bond donors (Lipinski definition) is 1. The highest BCUT2D eigenvalue weighted by atomic mass is 79.9. The van der Waals surface area contributed by atoms with E-state index in [1.165, 1.54) is 25.7 Å². The molecule has 0 saturated heterocycles. The monoisotopic (exact) mass is 293 g/mol. The van der Waals surface area contributed by atoms with E-state index >= 15 is 0 Å². The van der Waals surface area contributed by atoms with Crippen LogP contribution in [0.1, 0.15) is 25.7 Å². The van der Waals surface area contributed by atoms with Gasteiger partial charge in [-0.25, -0.2) is 0 Å². The zero-order chi connectivity index (χ0) is 11.9. The fourth-order valence-corrected chi connectivity index (χ4v) is 3.30. The molecular formula is C12H24BrNO2. The minimum atomic E-state index is 0.238. The molecule has 0 heterocycles. The average Bonchev–Trinajstić information content (AvgIpc) is 2.75. The van der Waals surface area contributed by atoms with Gasteiger partial charge in [0.1, 0.15) is 0 Å². The van der Waals surface area contributed by atoms with Gasteiger partial charge in [0, 0.05) is 32.1 Å². The van der Waals surface area contributed by atoms with Gasteiger partial charge in [-0.15, -0.1) is 0 Å². The van der Waals surface area contributed by atoms with Crippen LogP contribution >= 0.6 is 15.9 Å². The smallest absolute Gasteiger partial charge is 0.0589 e. The molecule has 1 saturated carbocycles. The molecule has 0 radical (unpaired) electrons. The summed E-state index contributed by atoms with van der Waals surface area (Å²) >= 11 is 3.66. The van der Waals surface area contributed by atoms with Crippen LogP contribution in [0.15, 0.2) is 0 Å². The number of aliphatic hydroxyl groups excluding tert-OH is 1. The molecule has 0 aromatic rings. The van der Waals surface area contributed by atoms with Gasteiger partial charge in [-0.1, -0.05) is 28.8 Å². The van der Waals surface area contributed by atoms with Crippen LogP contribution < -0.4 is 0 Å². The van der Waals surface area contributed by atoms with Crippen molar-refractivity contribution in [2.24, 2.45) is 5.41 Å². The van der Waals surface area contributed by atoms with Crippen LogP contribution in [0.3, 0.4) is 0 Å². The number of methoxy groups -OCH3 is 1. The molecule has 0 amide bonds. The number of aliphatic hydroxyl groups is 1. The fraction of sp³-hybridized carbons (Fsp3) is 1.00. The van der Waals surface area contributed by atoms with E-state index in [-0.39, 0.29) is 6.61 Å². The van der Waals surface area contributed by atoms with Crippen molar-refractivity contribution in [3.05, 3.63) is 0 Å². The highest BCUT2D eigenvalue weighted by Crippen LogP contribution is 2.40. The molecule has 0 spiro atoms. The Kier molecular flexibility index (Phi) is 6.89. The maximum absolute atomic E-state index is 9.07. The van der Waals surface area contributed by atoms with Crippen LogP contribution in [0.5, 0.6) is 0 Å². The van der Waals surface area contributed by atoms with Crippen LogP contribution in [-0.4, -0.2) is 55.3 Å². The SMILES string of the molecule is COCCN(CCO)CC1(CBr)CCCC1. The van der Waals surface area contributed by atoms with Crippen molar-refractivity contribution >= 4 is 15.9 Å². The molecule has 1 N–H and O–H groups in total. The third-order valence-corrected chi connectivity index (χ3v) is 4.72. The summed E-state index contributed by atoms with van der Waals surface area (Å²) in [6, 6.07) is 0. The molecule has 1 aliphatic rings. The Morgan fingerprint density at radius 1 is 1.31 bits per heavy atom. The van der Waals surface area contributed by atoms with Crippen molar-refractivity contribution in [1.29, 1.82) is 0 Å². The van der Waals surface area contributed by atoms with Crippen molar-refractivity contribution in [2.75, 3.05) is 45.3 Å². The normalized spacial score (nSPS) is 19.5. The molecule has 4 heteroatoms. The van der Waals surface area contributed by atoms with Crippen molar-refractivity contribution in [1.82, 2.24) is 4.90 Å². The summed E-state index contributed by atoms with van der Waals surface area (Å²) < 4.78 is 5.11. The summed E-state index contributed by atoms with van der Waals surface area (Å²) in [5, 5.41) is 10.2. The van der Waals surface area contributed by atoms with Crippen LogP contribution in [-0.2, 0) is 4.74 Å². The number of nitrogens with zero attached hydrogens (tertiary/aromatic N) is 1. The molecule has 0 bridgehead atoms. The van der Waals surface area contributed by atoms with Crippen LogP contribution in [0.25, 0.3) is 0 Å². The molecule has 96 valence electrons. The minimum absolute atomic E-state index is 0.238. The lowest BCUT2D eigenvalue weighted by molar-refractivity contribution is 0.0996. The number of halogens is 1. The predicted molar refractivity (Wildman–Crippen MR) is 70.1 cm³/mol. The maximum atomic E-state index is 9.07. The zero-order valence-corrected chi connectivity index (χ0v) is 11.8. The molecule has 0 unspecified atom stereocenters. The third-order valence-electron chi connectivity index (χ3n) is 3.53. The van der Waals surface area contributed by atoms with Crippen molar-refractivity contribution in [2.45, 2.75) is 25.7 Å². The van der Waals surface area contributed by atoms with Gasteiger partial charge in [-0.3, -0.25) is 4.90 Å². The van der Waals surface area contributed by atoms with E-state index in [4.69, 9.17) is 9.84 Å². The molecule has 16 heavy (non-hydrogen) atoms. The topological polar surface area (TPSA) is 32.7 Å². The summed E-state index contributed by atoms with van der Waals surface area (Å²) in [4.78, 5) is 2.33. The van der Waals surface area contributed by atoms with Crippen LogP contribution in [0, 0.1) is 5.41 Å². The van der Waals surface area contributed by atoms with E-state index < -0.39 is 0 Å². The number of ether oxygens (including phenoxy) is 1. The first-order valence-corrected chi connectivity index (χ1v) is 7.26. The Balaban J connectivity index is 2.44. The lowest BCUT2D eigenvalue weighted by Gasteiger charge is -2.33. The van der Waals surface area contributed by atoms with Crippen LogP contribution in [0.2, 0.25) is 0 Å². The minimum Gasteiger partial charge on any atom is -0.395 e. The standard InChI is InChI=1S/C12H24BrNO2/c1-16-9-7-14(6-8-15)11-12(10-13)4-2-3-5-12/h15H,2-11H2,1H3. The van der Waals surface area contributed by atoms with Crippen LogP contribution in [0.4, 0.5) is 0 Å². The average molecular weight is 294 g/mol. The Morgan fingerprint density at radius 2 is 2.00 bits per heavy atom. The fourth-order valence-electron chi connectivity index (χ4n) is 2.57. The van der Waals surface area contributed by atoms with Crippen molar-refractivity contribution < 1.29 is 9.84 Å². The van der Waals surface area contributed by atoms with Gasteiger partial charge >= 0.3 is 0 Å². The highest BCUT2D eigenvalue weighted by Gasteiger charge is 2.34. The van der Waals surface area contributed by atoms with Gasteiger partial charge in [0.05, 0.1) is 13.2 Å². The molecule has 1 aliphatic carbocycles. The van der Waals surface area contributed by atoms with Gasteiger partial charge in [0.15, 0.2) is 0 Å². The number of rotatable bonds is 8. The molecule has 0 atom stereocenters. The lowest BCUT2D eigenvalue weighted by Crippen LogP contribution is -2.40. The second kappa shape index (κ2) is 7.64. The number of hydrogen-bond acceptors (Lipinski definition) is 3. The molecule has 1 fully saturated rings. The number of alkyl halides is 1. The molecule has 0 aliphatic heterocycles. The highest BCUT2D eigenvalue weighted by molar-refractivity contribution is 9.09. The first kappa shape index (κ1) is 14.4. The zero-order valence-electron chi connectivity index (χ0n) is 10.3. The molecule has 0 aromatic carbocycles. The molecule has 1 rings (SSSR count). The summed E-state index contributed by atoms with van der Waals surface area (Å²) in [6.07, 6.45) is 5.33.